The van der Waals surface area contributed by atoms with E-state index in [1.165, 1.54) is 25.3 Å². The van der Waals surface area contributed by atoms with Crippen LogP contribution in [0.5, 0.6) is 0 Å². The number of aromatic nitrogens is 4. The van der Waals surface area contributed by atoms with Gasteiger partial charge >= 0.3 is 5.69 Å². The van der Waals surface area contributed by atoms with Gasteiger partial charge in [-0.3, -0.25) is 19.4 Å². The van der Waals surface area contributed by atoms with Crippen molar-refractivity contribution in [2.75, 3.05) is 5.32 Å². The fourth-order valence-corrected chi connectivity index (χ4v) is 3.25. The van der Waals surface area contributed by atoms with Gasteiger partial charge in [0.05, 0.1) is 5.56 Å². The van der Waals surface area contributed by atoms with Gasteiger partial charge in [-0.2, -0.15) is 0 Å². The van der Waals surface area contributed by atoms with E-state index in [2.05, 4.69) is 15.3 Å². The third kappa shape index (κ3) is 3.90. The number of pyridine rings is 1. The van der Waals surface area contributed by atoms with Gasteiger partial charge < -0.3 is 14.9 Å². The number of benzene rings is 1. The van der Waals surface area contributed by atoms with E-state index in [4.69, 9.17) is 0 Å². The molecule has 0 saturated heterocycles. The quantitative estimate of drug-likeness (QED) is 0.334. The molecule has 0 aliphatic carbocycles. The van der Waals surface area contributed by atoms with Crippen molar-refractivity contribution in [2.24, 2.45) is 0 Å². The Labute approximate surface area is 173 Å². The second-order valence-electron chi connectivity index (χ2n) is 6.86. The Kier molecular flexibility index (Phi) is 5.04. The van der Waals surface area contributed by atoms with Crippen LogP contribution in [0.1, 0.15) is 21.6 Å². The number of carbonyl (C=O) groups excluding carboxylic acids is 2. The molecule has 10 heteroatoms. The van der Waals surface area contributed by atoms with E-state index in [-0.39, 0.29) is 22.8 Å². The standard InChI is InChI=1S/C21H16FN5O4/c1-11-16(19(29)26-21(31)24-11)25-20(30)17(28)15-10-27(18-14(15)3-2-8-23-18)9-12-4-6-13(22)7-5-12/h2-8,10H,9H2,1H3,(H,25,30)(H2,24,26,29,31). The summed E-state index contributed by atoms with van der Waals surface area (Å²) in [5, 5.41) is 2.72. The molecule has 0 unspecified atom stereocenters. The summed E-state index contributed by atoms with van der Waals surface area (Å²) in [5.41, 5.74) is -0.281. The molecule has 31 heavy (non-hydrogen) atoms. The summed E-state index contributed by atoms with van der Waals surface area (Å²) in [7, 11) is 0. The van der Waals surface area contributed by atoms with Gasteiger partial charge in [0.25, 0.3) is 17.2 Å². The molecule has 0 atom stereocenters. The summed E-state index contributed by atoms with van der Waals surface area (Å²) in [6.07, 6.45) is 3.05. The Morgan fingerprint density at radius 1 is 1.13 bits per heavy atom. The molecule has 0 bridgehead atoms. The number of ketones is 1. The molecule has 1 aromatic carbocycles. The van der Waals surface area contributed by atoms with Crippen molar-refractivity contribution in [3.05, 3.63) is 92.3 Å². The molecule has 3 heterocycles. The lowest BCUT2D eigenvalue weighted by Crippen LogP contribution is -2.31. The first-order valence-corrected chi connectivity index (χ1v) is 9.20. The van der Waals surface area contributed by atoms with Crippen molar-refractivity contribution in [1.29, 1.82) is 0 Å². The van der Waals surface area contributed by atoms with Crippen molar-refractivity contribution in [2.45, 2.75) is 13.5 Å². The number of H-pyrrole nitrogens is 2. The Bertz CT molecular complexity index is 1430. The van der Waals surface area contributed by atoms with Crippen LogP contribution >= 0.6 is 0 Å². The lowest BCUT2D eigenvalue weighted by atomic mass is 10.1. The van der Waals surface area contributed by atoms with E-state index in [0.717, 1.165) is 5.56 Å². The van der Waals surface area contributed by atoms with Crippen LogP contribution < -0.4 is 16.6 Å². The number of carbonyl (C=O) groups is 2. The van der Waals surface area contributed by atoms with Crippen molar-refractivity contribution in [3.63, 3.8) is 0 Å². The first-order valence-electron chi connectivity index (χ1n) is 9.20. The number of rotatable bonds is 5. The molecular formula is C21H16FN5O4. The number of aromatic amines is 2. The maximum atomic E-state index is 13.2. The van der Waals surface area contributed by atoms with Crippen molar-refractivity contribution in [1.82, 2.24) is 19.5 Å². The predicted octanol–water partition coefficient (Wildman–Crippen LogP) is 1.73. The van der Waals surface area contributed by atoms with E-state index in [1.54, 1.807) is 35.0 Å². The molecule has 0 aliphatic rings. The van der Waals surface area contributed by atoms with E-state index in [0.29, 0.717) is 17.6 Å². The normalized spacial score (nSPS) is 10.9. The lowest BCUT2D eigenvalue weighted by Gasteiger charge is -2.05. The number of hydrogen-bond donors (Lipinski definition) is 3. The minimum absolute atomic E-state index is 0.0983. The molecule has 9 nitrogen and oxygen atoms in total. The summed E-state index contributed by atoms with van der Waals surface area (Å²) in [6, 6.07) is 9.18. The van der Waals surface area contributed by atoms with E-state index >= 15 is 0 Å². The smallest absolute Gasteiger partial charge is 0.326 e. The largest absolute Gasteiger partial charge is 0.327 e. The fourth-order valence-electron chi connectivity index (χ4n) is 3.25. The van der Waals surface area contributed by atoms with Crippen LogP contribution in [-0.2, 0) is 11.3 Å². The molecule has 4 rings (SSSR count). The number of Topliss-reactive ketones (excluding diaryl/α,β-unsaturated/α-hetero) is 1. The van der Waals surface area contributed by atoms with Gasteiger partial charge in [0, 0.05) is 30.0 Å². The van der Waals surface area contributed by atoms with Gasteiger partial charge in [-0.25, -0.2) is 14.2 Å². The number of hydrogen-bond acceptors (Lipinski definition) is 5. The van der Waals surface area contributed by atoms with E-state index < -0.39 is 22.9 Å². The zero-order valence-electron chi connectivity index (χ0n) is 16.2. The maximum absolute atomic E-state index is 13.2. The van der Waals surface area contributed by atoms with Crippen LogP contribution in [0.15, 0.2) is 58.4 Å². The van der Waals surface area contributed by atoms with Crippen LogP contribution in [-0.4, -0.2) is 31.2 Å². The zero-order valence-corrected chi connectivity index (χ0v) is 16.2. The van der Waals surface area contributed by atoms with Gasteiger partial charge in [-0.15, -0.1) is 0 Å². The molecule has 3 aromatic heterocycles. The van der Waals surface area contributed by atoms with E-state index in [9.17, 15) is 23.6 Å². The molecule has 3 N–H and O–H groups in total. The van der Waals surface area contributed by atoms with Crippen molar-refractivity contribution in [3.8, 4) is 0 Å². The fraction of sp³-hybridized carbons (Fsp3) is 0.0952. The van der Waals surface area contributed by atoms with E-state index in [1.807, 2.05) is 4.98 Å². The molecule has 0 saturated carbocycles. The van der Waals surface area contributed by atoms with Crippen LogP contribution in [0.4, 0.5) is 10.1 Å². The summed E-state index contributed by atoms with van der Waals surface area (Å²) >= 11 is 0. The SMILES string of the molecule is Cc1[nH]c(=O)[nH]c(=O)c1NC(=O)C(=O)c1cn(Cc2ccc(F)cc2)c2ncccc12. The highest BCUT2D eigenvalue weighted by Gasteiger charge is 2.23. The molecule has 4 aromatic rings. The van der Waals surface area contributed by atoms with Gasteiger partial charge in [0.2, 0.25) is 0 Å². The number of nitrogens with one attached hydrogen (secondary N) is 3. The zero-order chi connectivity index (χ0) is 22.1. The molecule has 1 amide bonds. The average Bonchev–Trinajstić information content (AvgIpc) is 3.10. The topological polar surface area (TPSA) is 130 Å². The summed E-state index contributed by atoms with van der Waals surface area (Å²) in [6.45, 7) is 1.73. The summed E-state index contributed by atoms with van der Waals surface area (Å²) < 4.78 is 14.9. The molecular weight excluding hydrogens is 405 g/mol. The third-order valence-corrected chi connectivity index (χ3v) is 4.72. The number of anilines is 1. The average molecular weight is 421 g/mol. The Hall–Kier alpha value is -4.34. The number of halogens is 1. The number of fused-ring (bicyclic) bond motifs is 1. The van der Waals surface area contributed by atoms with Crippen LogP contribution in [0.25, 0.3) is 11.0 Å². The molecule has 0 radical (unpaired) electrons. The minimum Gasteiger partial charge on any atom is -0.327 e. The minimum atomic E-state index is -1.04. The monoisotopic (exact) mass is 421 g/mol. The van der Waals surface area contributed by atoms with Gasteiger partial charge in [0.1, 0.15) is 17.2 Å². The van der Waals surface area contributed by atoms with Gasteiger partial charge in [-0.05, 0) is 36.8 Å². The van der Waals surface area contributed by atoms with Crippen molar-refractivity contribution >= 4 is 28.4 Å². The predicted molar refractivity (Wildman–Crippen MR) is 111 cm³/mol. The molecule has 156 valence electrons. The Balaban J connectivity index is 1.68. The van der Waals surface area contributed by atoms with Gasteiger partial charge in [-0.1, -0.05) is 12.1 Å². The van der Waals surface area contributed by atoms with Crippen molar-refractivity contribution < 1.29 is 14.0 Å². The highest BCUT2D eigenvalue weighted by molar-refractivity contribution is 6.48. The van der Waals surface area contributed by atoms with Gasteiger partial charge in [0.15, 0.2) is 0 Å². The highest BCUT2D eigenvalue weighted by Crippen LogP contribution is 2.22. The van der Waals surface area contributed by atoms with Crippen LogP contribution in [0.3, 0.4) is 0 Å². The molecule has 0 spiro atoms. The second kappa shape index (κ2) is 7.82. The molecule has 0 aliphatic heterocycles. The Morgan fingerprint density at radius 3 is 2.58 bits per heavy atom. The number of amides is 1. The molecule has 0 fully saturated rings. The maximum Gasteiger partial charge on any atom is 0.326 e. The first kappa shape index (κ1) is 20.0. The summed E-state index contributed by atoms with van der Waals surface area (Å²) in [4.78, 5) is 57.3. The third-order valence-electron chi connectivity index (χ3n) is 4.72. The number of nitrogens with zero attached hydrogens (tertiary/aromatic N) is 2. The second-order valence-corrected chi connectivity index (χ2v) is 6.86. The highest BCUT2D eigenvalue weighted by atomic mass is 19.1. The Morgan fingerprint density at radius 2 is 1.87 bits per heavy atom. The van der Waals surface area contributed by atoms with Crippen LogP contribution in [0, 0.1) is 12.7 Å². The number of aryl methyl sites for hydroxylation is 1. The lowest BCUT2D eigenvalue weighted by molar-refractivity contribution is -0.112. The van der Waals surface area contributed by atoms with Crippen LogP contribution in [0.2, 0.25) is 0 Å². The summed E-state index contributed by atoms with van der Waals surface area (Å²) in [5.74, 6) is -2.27. The first-order chi connectivity index (χ1) is 14.8.